The summed E-state index contributed by atoms with van der Waals surface area (Å²) in [5, 5.41) is 0. The van der Waals surface area contributed by atoms with Crippen molar-refractivity contribution in [1.82, 2.24) is 9.55 Å². The second-order valence-corrected chi connectivity index (χ2v) is 7.38. The summed E-state index contributed by atoms with van der Waals surface area (Å²) in [6, 6.07) is 10.1. The van der Waals surface area contributed by atoms with Crippen LogP contribution in [-0.4, -0.2) is 9.55 Å². The Labute approximate surface area is 139 Å². The zero-order valence-electron chi connectivity index (χ0n) is 10.4. The van der Waals surface area contributed by atoms with Crippen LogP contribution in [0.1, 0.15) is 10.7 Å². The number of rotatable bonds is 4. The van der Waals surface area contributed by atoms with Crippen molar-refractivity contribution in [1.29, 1.82) is 0 Å². The monoisotopic (exact) mass is 388 g/mol. The van der Waals surface area contributed by atoms with Gasteiger partial charge in [0.1, 0.15) is 5.82 Å². The molecule has 3 rings (SSSR count). The molecule has 0 spiro atoms. The molecule has 0 N–H and O–H groups in total. The maximum absolute atomic E-state index is 6.02. The van der Waals surface area contributed by atoms with Crippen molar-refractivity contribution in [2.45, 2.75) is 18.8 Å². The van der Waals surface area contributed by atoms with Crippen LogP contribution in [0.15, 0.2) is 34.8 Å². The highest BCUT2D eigenvalue weighted by atomic mass is 79.9. The molecule has 104 valence electrons. The van der Waals surface area contributed by atoms with Crippen LogP contribution >= 0.6 is 50.5 Å². The molecule has 0 bridgehead atoms. The second kappa shape index (κ2) is 6.06. The third kappa shape index (κ3) is 2.89. The summed E-state index contributed by atoms with van der Waals surface area (Å²) in [5.74, 6) is 1.32. The third-order valence-electron chi connectivity index (χ3n) is 3.12. The van der Waals surface area contributed by atoms with E-state index in [0.717, 1.165) is 38.6 Å². The molecule has 2 heterocycles. The maximum atomic E-state index is 6.02. The van der Waals surface area contributed by atoms with Gasteiger partial charge in [-0.05, 0) is 36.8 Å². The number of hydrogen-bond acceptors (Lipinski definition) is 2. The lowest BCUT2D eigenvalue weighted by atomic mass is 10.3. The summed E-state index contributed by atoms with van der Waals surface area (Å²) in [5.41, 5.74) is 2.09. The Bertz CT molecular complexity index is 751. The molecule has 0 radical (unpaired) electrons. The van der Waals surface area contributed by atoms with Crippen molar-refractivity contribution >= 4 is 61.5 Å². The SMILES string of the molecule is ClCc1nc2ccc(Br)cc2n1CCc1ccc(Cl)s1. The number of benzene rings is 1. The Balaban J connectivity index is 1.94. The van der Waals surface area contributed by atoms with Crippen LogP contribution in [0.25, 0.3) is 11.0 Å². The molecule has 0 aliphatic heterocycles. The Morgan fingerprint density at radius 1 is 1.25 bits per heavy atom. The topological polar surface area (TPSA) is 17.8 Å². The lowest BCUT2D eigenvalue weighted by Crippen LogP contribution is -2.04. The number of halogens is 3. The molecule has 0 atom stereocenters. The van der Waals surface area contributed by atoms with Gasteiger partial charge >= 0.3 is 0 Å². The average molecular weight is 390 g/mol. The molecule has 20 heavy (non-hydrogen) atoms. The van der Waals surface area contributed by atoms with Crippen LogP contribution in [0.2, 0.25) is 4.34 Å². The first kappa shape index (κ1) is 14.4. The number of nitrogens with zero attached hydrogens (tertiary/aromatic N) is 2. The normalized spacial score (nSPS) is 11.3. The number of fused-ring (bicyclic) bond motifs is 1. The van der Waals surface area contributed by atoms with Gasteiger partial charge in [-0.25, -0.2) is 4.98 Å². The Morgan fingerprint density at radius 2 is 2.10 bits per heavy atom. The largest absolute Gasteiger partial charge is 0.327 e. The fourth-order valence-corrected chi connectivity index (χ4v) is 3.83. The van der Waals surface area contributed by atoms with Gasteiger partial charge in [-0.3, -0.25) is 0 Å². The van der Waals surface area contributed by atoms with Crippen LogP contribution in [0.4, 0.5) is 0 Å². The minimum Gasteiger partial charge on any atom is -0.327 e. The fourth-order valence-electron chi connectivity index (χ4n) is 2.21. The van der Waals surface area contributed by atoms with E-state index in [-0.39, 0.29) is 0 Å². The van der Waals surface area contributed by atoms with Gasteiger partial charge in [0.2, 0.25) is 0 Å². The average Bonchev–Trinajstić information content (AvgIpc) is 2.99. The minimum absolute atomic E-state index is 0.414. The van der Waals surface area contributed by atoms with Crippen molar-refractivity contribution in [2.75, 3.05) is 0 Å². The number of thiophene rings is 1. The lowest BCUT2D eigenvalue weighted by Gasteiger charge is -2.06. The van der Waals surface area contributed by atoms with E-state index in [2.05, 4.69) is 37.6 Å². The first-order chi connectivity index (χ1) is 9.67. The Morgan fingerprint density at radius 3 is 2.80 bits per heavy atom. The minimum atomic E-state index is 0.414. The highest BCUT2D eigenvalue weighted by Crippen LogP contribution is 2.25. The van der Waals surface area contributed by atoms with E-state index >= 15 is 0 Å². The number of aromatic nitrogens is 2. The van der Waals surface area contributed by atoms with E-state index in [1.54, 1.807) is 11.3 Å². The summed E-state index contributed by atoms with van der Waals surface area (Å²) in [4.78, 5) is 5.85. The van der Waals surface area contributed by atoms with Crippen molar-refractivity contribution in [3.05, 3.63) is 49.8 Å². The van der Waals surface area contributed by atoms with Crippen LogP contribution in [0.3, 0.4) is 0 Å². The molecule has 6 heteroatoms. The van der Waals surface area contributed by atoms with E-state index in [0.29, 0.717) is 5.88 Å². The quantitative estimate of drug-likeness (QED) is 0.539. The van der Waals surface area contributed by atoms with Gasteiger partial charge in [0.05, 0.1) is 21.2 Å². The van der Waals surface area contributed by atoms with Crippen molar-refractivity contribution in [3.63, 3.8) is 0 Å². The molecule has 2 nitrogen and oxygen atoms in total. The fraction of sp³-hybridized carbons (Fsp3) is 0.214. The number of hydrogen-bond donors (Lipinski definition) is 0. The van der Waals surface area contributed by atoms with E-state index in [9.17, 15) is 0 Å². The van der Waals surface area contributed by atoms with Crippen molar-refractivity contribution < 1.29 is 0 Å². The molecular weight excluding hydrogens is 379 g/mol. The molecule has 0 unspecified atom stereocenters. The van der Waals surface area contributed by atoms with Crippen LogP contribution in [0.5, 0.6) is 0 Å². The van der Waals surface area contributed by atoms with E-state index < -0.39 is 0 Å². The maximum Gasteiger partial charge on any atom is 0.124 e. The van der Waals surface area contributed by atoms with Crippen LogP contribution < -0.4 is 0 Å². The first-order valence-electron chi connectivity index (χ1n) is 6.12. The summed E-state index contributed by atoms with van der Waals surface area (Å²) >= 11 is 17.1. The van der Waals surface area contributed by atoms with Gasteiger partial charge in [-0.1, -0.05) is 27.5 Å². The summed E-state index contributed by atoms with van der Waals surface area (Å²) < 4.78 is 4.06. The van der Waals surface area contributed by atoms with Gasteiger partial charge in [0.15, 0.2) is 0 Å². The van der Waals surface area contributed by atoms with E-state index in [1.165, 1.54) is 4.88 Å². The highest BCUT2D eigenvalue weighted by molar-refractivity contribution is 9.10. The molecule has 0 saturated heterocycles. The smallest absolute Gasteiger partial charge is 0.124 e. The van der Waals surface area contributed by atoms with Gasteiger partial charge in [0, 0.05) is 15.9 Å². The molecule has 0 aliphatic carbocycles. The molecule has 0 aliphatic rings. The number of aryl methyl sites for hydroxylation is 2. The second-order valence-electron chi connectivity index (χ2n) is 4.40. The number of alkyl halides is 1. The predicted octanol–water partition coefficient (Wildman–Crippen LogP) is 5.50. The first-order valence-corrected chi connectivity index (χ1v) is 8.64. The van der Waals surface area contributed by atoms with Crippen molar-refractivity contribution in [3.8, 4) is 0 Å². The standard InChI is InChI=1S/C14H11BrCl2N2S/c15-9-1-3-11-12(7-9)19(14(8-16)18-11)6-5-10-2-4-13(17)20-10/h1-4,7H,5-6,8H2. The highest BCUT2D eigenvalue weighted by Gasteiger charge is 2.10. The van der Waals surface area contributed by atoms with E-state index in [4.69, 9.17) is 23.2 Å². The van der Waals surface area contributed by atoms with Gasteiger partial charge in [-0.2, -0.15) is 0 Å². The summed E-state index contributed by atoms with van der Waals surface area (Å²) in [6.07, 6.45) is 0.930. The molecule has 0 fully saturated rings. The summed E-state index contributed by atoms with van der Waals surface area (Å²) in [7, 11) is 0. The van der Waals surface area contributed by atoms with Crippen LogP contribution in [-0.2, 0) is 18.8 Å². The van der Waals surface area contributed by atoms with Crippen molar-refractivity contribution in [2.24, 2.45) is 0 Å². The summed E-state index contributed by atoms with van der Waals surface area (Å²) in [6.45, 7) is 0.853. The Hall–Kier alpha value is -0.550. The van der Waals surface area contributed by atoms with Gasteiger partial charge in [0.25, 0.3) is 0 Å². The zero-order chi connectivity index (χ0) is 14.1. The molecule has 2 aromatic heterocycles. The third-order valence-corrected chi connectivity index (χ3v) is 5.14. The van der Waals surface area contributed by atoms with Gasteiger partial charge < -0.3 is 4.57 Å². The van der Waals surface area contributed by atoms with E-state index in [1.807, 2.05) is 18.2 Å². The molecular formula is C14H11BrCl2N2S. The molecule has 1 aromatic carbocycles. The lowest BCUT2D eigenvalue weighted by molar-refractivity contribution is 0.693. The molecule has 0 saturated carbocycles. The van der Waals surface area contributed by atoms with Gasteiger partial charge in [-0.15, -0.1) is 22.9 Å². The predicted molar refractivity (Wildman–Crippen MR) is 90.0 cm³/mol. The molecule has 0 amide bonds. The van der Waals surface area contributed by atoms with Crippen LogP contribution in [0, 0.1) is 0 Å². The zero-order valence-corrected chi connectivity index (χ0v) is 14.4. The number of imidazole rings is 1. The Kier molecular flexibility index (Phi) is 4.36. The molecule has 3 aromatic rings.